The molecule has 1 rings (SSSR count). The van der Waals surface area contributed by atoms with Crippen LogP contribution in [0, 0.1) is 0 Å². The molecule has 0 fully saturated rings. The molecule has 5 heteroatoms. The van der Waals surface area contributed by atoms with E-state index >= 15 is 0 Å². The lowest BCUT2D eigenvalue weighted by atomic mass is 10.2. The van der Waals surface area contributed by atoms with E-state index in [1.165, 1.54) is 18.2 Å². The summed E-state index contributed by atoms with van der Waals surface area (Å²) in [6, 6.07) is 5.27. The molecule has 0 N–H and O–H groups in total. The van der Waals surface area contributed by atoms with Crippen molar-refractivity contribution in [2.75, 3.05) is 27.2 Å². The minimum absolute atomic E-state index is 0.0984. The third-order valence-electron chi connectivity index (χ3n) is 2.20. The molecule has 0 radical (unpaired) electrons. The molecule has 17 heavy (non-hydrogen) atoms. The third-order valence-corrected chi connectivity index (χ3v) is 2.20. The summed E-state index contributed by atoms with van der Waals surface area (Å²) in [7, 11) is 3.81. The summed E-state index contributed by atoms with van der Waals surface area (Å²) in [5.41, 5.74) is -0.718. The standard InChI is InChI=1S/C12H16F3NO/c1-16(2)8-5-9-17-11-7-4-3-6-10(11)12(13,14)15/h3-4,6-7H,5,8-9H2,1-2H3. The average Bonchev–Trinajstić information content (AvgIpc) is 2.23. The molecule has 0 heterocycles. The fraction of sp³-hybridized carbons (Fsp3) is 0.500. The topological polar surface area (TPSA) is 12.5 Å². The second kappa shape index (κ2) is 5.91. The summed E-state index contributed by atoms with van der Waals surface area (Å²) in [5.74, 6) is -0.0984. The molecular formula is C12H16F3NO. The average molecular weight is 247 g/mol. The minimum Gasteiger partial charge on any atom is -0.493 e. The zero-order valence-electron chi connectivity index (χ0n) is 9.92. The first-order valence-electron chi connectivity index (χ1n) is 5.35. The van der Waals surface area contributed by atoms with Gasteiger partial charge in [0.15, 0.2) is 0 Å². The number of ether oxygens (including phenoxy) is 1. The number of nitrogens with zero attached hydrogens (tertiary/aromatic N) is 1. The quantitative estimate of drug-likeness (QED) is 0.741. The van der Waals surface area contributed by atoms with Crippen LogP contribution in [0.2, 0.25) is 0 Å². The van der Waals surface area contributed by atoms with Crippen LogP contribution in [0.4, 0.5) is 13.2 Å². The van der Waals surface area contributed by atoms with Crippen molar-refractivity contribution in [1.82, 2.24) is 4.90 Å². The van der Waals surface area contributed by atoms with Crippen LogP contribution < -0.4 is 4.74 Å². The molecule has 0 aliphatic carbocycles. The Morgan fingerprint density at radius 1 is 1.18 bits per heavy atom. The Balaban J connectivity index is 2.59. The predicted octanol–water partition coefficient (Wildman–Crippen LogP) is 3.04. The molecule has 0 bridgehead atoms. The Labute approximate surface area is 99.0 Å². The molecular weight excluding hydrogens is 231 g/mol. The van der Waals surface area contributed by atoms with Gasteiger partial charge in [-0.05, 0) is 32.6 Å². The first-order valence-corrected chi connectivity index (χ1v) is 5.35. The molecule has 0 saturated carbocycles. The van der Waals surface area contributed by atoms with Gasteiger partial charge in [0.25, 0.3) is 0 Å². The lowest BCUT2D eigenvalue weighted by Gasteiger charge is -2.14. The summed E-state index contributed by atoms with van der Waals surface area (Å²) in [6.07, 6.45) is -3.67. The third kappa shape index (κ3) is 4.65. The summed E-state index contributed by atoms with van der Waals surface area (Å²) < 4.78 is 43.0. The Kier molecular flexibility index (Phi) is 4.81. The van der Waals surface area contributed by atoms with Crippen molar-refractivity contribution in [2.45, 2.75) is 12.6 Å². The van der Waals surface area contributed by atoms with Gasteiger partial charge < -0.3 is 9.64 Å². The lowest BCUT2D eigenvalue weighted by Crippen LogP contribution is -2.16. The summed E-state index contributed by atoms with van der Waals surface area (Å²) in [5, 5.41) is 0. The van der Waals surface area contributed by atoms with Gasteiger partial charge in [0.1, 0.15) is 5.75 Å². The highest BCUT2D eigenvalue weighted by Crippen LogP contribution is 2.35. The van der Waals surface area contributed by atoms with Crippen molar-refractivity contribution in [3.05, 3.63) is 29.8 Å². The van der Waals surface area contributed by atoms with Crippen LogP contribution in [0.15, 0.2) is 24.3 Å². The SMILES string of the molecule is CN(C)CCCOc1ccccc1C(F)(F)F. The molecule has 2 nitrogen and oxygen atoms in total. The first kappa shape index (κ1) is 13.8. The van der Waals surface area contributed by atoms with E-state index in [4.69, 9.17) is 4.74 Å². The molecule has 0 aromatic heterocycles. The van der Waals surface area contributed by atoms with Crippen molar-refractivity contribution in [2.24, 2.45) is 0 Å². The molecule has 1 aromatic carbocycles. The van der Waals surface area contributed by atoms with E-state index in [0.29, 0.717) is 6.42 Å². The molecule has 0 unspecified atom stereocenters. The Bertz CT molecular complexity index is 350. The number of benzene rings is 1. The number of halogens is 3. The lowest BCUT2D eigenvalue weighted by molar-refractivity contribution is -0.138. The number of rotatable bonds is 5. The van der Waals surface area contributed by atoms with Crippen molar-refractivity contribution >= 4 is 0 Å². The van der Waals surface area contributed by atoms with E-state index in [9.17, 15) is 13.2 Å². The van der Waals surface area contributed by atoms with E-state index in [2.05, 4.69) is 0 Å². The number of hydrogen-bond donors (Lipinski definition) is 0. The summed E-state index contributed by atoms with van der Waals surface area (Å²) in [6.45, 7) is 1.07. The van der Waals surface area contributed by atoms with Crippen LogP contribution in [0.25, 0.3) is 0 Å². The van der Waals surface area contributed by atoms with Crippen LogP contribution in [-0.4, -0.2) is 32.1 Å². The van der Waals surface area contributed by atoms with Gasteiger partial charge in [-0.2, -0.15) is 13.2 Å². The maximum absolute atomic E-state index is 12.6. The van der Waals surface area contributed by atoms with Gasteiger partial charge in [-0.1, -0.05) is 12.1 Å². The Morgan fingerprint density at radius 3 is 2.41 bits per heavy atom. The van der Waals surface area contributed by atoms with Crippen molar-refractivity contribution in [3.63, 3.8) is 0 Å². The molecule has 0 aliphatic rings. The Morgan fingerprint density at radius 2 is 1.82 bits per heavy atom. The second-order valence-corrected chi connectivity index (χ2v) is 4.00. The van der Waals surface area contributed by atoms with Gasteiger partial charge in [-0.15, -0.1) is 0 Å². The maximum atomic E-state index is 12.6. The molecule has 1 aromatic rings. The molecule has 0 spiro atoms. The minimum atomic E-state index is -4.36. The van der Waals surface area contributed by atoms with E-state index in [1.54, 1.807) is 0 Å². The van der Waals surface area contributed by atoms with Gasteiger partial charge in [-0.3, -0.25) is 0 Å². The van der Waals surface area contributed by atoms with Crippen LogP contribution in [-0.2, 0) is 6.18 Å². The monoisotopic (exact) mass is 247 g/mol. The maximum Gasteiger partial charge on any atom is 0.419 e. The van der Waals surface area contributed by atoms with Crippen LogP contribution >= 0.6 is 0 Å². The van der Waals surface area contributed by atoms with E-state index in [-0.39, 0.29) is 12.4 Å². The van der Waals surface area contributed by atoms with Crippen molar-refractivity contribution < 1.29 is 17.9 Å². The van der Waals surface area contributed by atoms with Crippen molar-refractivity contribution in [3.8, 4) is 5.75 Å². The molecule has 0 atom stereocenters. The smallest absolute Gasteiger partial charge is 0.419 e. The number of para-hydroxylation sites is 1. The van der Waals surface area contributed by atoms with E-state index in [1.807, 2.05) is 19.0 Å². The predicted molar refractivity (Wildman–Crippen MR) is 60.1 cm³/mol. The molecule has 0 amide bonds. The largest absolute Gasteiger partial charge is 0.493 e. The highest BCUT2D eigenvalue weighted by molar-refractivity contribution is 5.35. The summed E-state index contributed by atoms with van der Waals surface area (Å²) >= 11 is 0. The number of hydrogen-bond acceptors (Lipinski definition) is 2. The van der Waals surface area contributed by atoms with Crippen LogP contribution in [0.3, 0.4) is 0 Å². The number of alkyl halides is 3. The fourth-order valence-electron chi connectivity index (χ4n) is 1.39. The zero-order valence-corrected chi connectivity index (χ0v) is 9.92. The second-order valence-electron chi connectivity index (χ2n) is 4.00. The van der Waals surface area contributed by atoms with Gasteiger partial charge >= 0.3 is 6.18 Å². The highest BCUT2D eigenvalue weighted by Gasteiger charge is 2.33. The van der Waals surface area contributed by atoms with Crippen molar-refractivity contribution in [1.29, 1.82) is 0 Å². The van der Waals surface area contributed by atoms with Gasteiger partial charge in [0.2, 0.25) is 0 Å². The van der Waals surface area contributed by atoms with Gasteiger partial charge in [-0.25, -0.2) is 0 Å². The molecule has 96 valence electrons. The zero-order chi connectivity index (χ0) is 12.9. The van der Waals surface area contributed by atoms with Gasteiger partial charge in [0, 0.05) is 6.54 Å². The first-order chi connectivity index (χ1) is 7.91. The van der Waals surface area contributed by atoms with Crippen LogP contribution in [0.5, 0.6) is 5.75 Å². The Hall–Kier alpha value is -1.23. The fourth-order valence-corrected chi connectivity index (χ4v) is 1.39. The normalized spacial score (nSPS) is 11.9. The van der Waals surface area contributed by atoms with E-state index < -0.39 is 11.7 Å². The van der Waals surface area contributed by atoms with Gasteiger partial charge in [0.05, 0.1) is 12.2 Å². The summed E-state index contributed by atoms with van der Waals surface area (Å²) in [4.78, 5) is 1.96. The molecule has 0 aliphatic heterocycles. The molecule has 0 saturated heterocycles. The highest BCUT2D eigenvalue weighted by atomic mass is 19.4. The van der Waals surface area contributed by atoms with E-state index in [0.717, 1.165) is 12.6 Å². The van der Waals surface area contributed by atoms with Crippen LogP contribution in [0.1, 0.15) is 12.0 Å².